The lowest BCUT2D eigenvalue weighted by Gasteiger charge is -2.08. The molecule has 0 aliphatic carbocycles. The minimum absolute atomic E-state index is 0.0404. The number of rotatable bonds is 4. The summed E-state index contributed by atoms with van der Waals surface area (Å²) in [5.41, 5.74) is 3.55. The first-order valence-corrected chi connectivity index (χ1v) is 5.68. The van der Waals surface area contributed by atoms with Crippen LogP contribution in [0.2, 0.25) is 0 Å². The third-order valence-electron chi connectivity index (χ3n) is 2.81. The number of phenolic OH excluding ortho intramolecular Hbond substituents is 1. The van der Waals surface area contributed by atoms with Crippen molar-refractivity contribution >= 4 is 11.6 Å². The van der Waals surface area contributed by atoms with Gasteiger partial charge in [0, 0.05) is 5.71 Å². The van der Waals surface area contributed by atoms with Gasteiger partial charge in [-0.25, -0.2) is 5.43 Å². The third kappa shape index (κ3) is 3.59. The highest BCUT2D eigenvalue weighted by atomic mass is 16.3. The van der Waals surface area contributed by atoms with Crippen LogP contribution in [-0.2, 0) is 0 Å². The normalized spacial score (nSPS) is 13.2. The second-order valence-electron chi connectivity index (χ2n) is 4.02. The van der Waals surface area contributed by atoms with E-state index < -0.39 is 5.91 Å². The van der Waals surface area contributed by atoms with Gasteiger partial charge in [0.25, 0.3) is 5.91 Å². The van der Waals surface area contributed by atoms with Crippen LogP contribution >= 0.6 is 0 Å². The molecule has 92 valence electrons. The van der Waals surface area contributed by atoms with Gasteiger partial charge in [-0.15, -0.1) is 0 Å². The number of hydrogen-bond donors (Lipinski definition) is 2. The number of carbonyl (C=O) groups excluding carboxylic acids is 1. The van der Waals surface area contributed by atoms with Gasteiger partial charge in [-0.1, -0.05) is 26.0 Å². The van der Waals surface area contributed by atoms with Crippen LogP contribution in [0.1, 0.15) is 37.6 Å². The average molecular weight is 234 g/mol. The van der Waals surface area contributed by atoms with Crippen molar-refractivity contribution in [2.45, 2.75) is 27.2 Å². The molecule has 0 aliphatic rings. The molecule has 4 nitrogen and oxygen atoms in total. The van der Waals surface area contributed by atoms with E-state index in [1.54, 1.807) is 18.2 Å². The van der Waals surface area contributed by atoms with E-state index in [0.717, 1.165) is 12.1 Å². The van der Waals surface area contributed by atoms with Crippen LogP contribution in [-0.4, -0.2) is 16.7 Å². The summed E-state index contributed by atoms with van der Waals surface area (Å²) in [6.07, 6.45) is 0.974. The highest BCUT2D eigenvalue weighted by Crippen LogP contribution is 2.15. The lowest BCUT2D eigenvalue weighted by Crippen LogP contribution is -2.21. The van der Waals surface area contributed by atoms with Crippen molar-refractivity contribution < 1.29 is 9.90 Å². The van der Waals surface area contributed by atoms with E-state index in [2.05, 4.69) is 17.5 Å². The van der Waals surface area contributed by atoms with Gasteiger partial charge in [-0.3, -0.25) is 4.79 Å². The predicted molar refractivity (Wildman–Crippen MR) is 68.1 cm³/mol. The quantitative estimate of drug-likeness (QED) is 0.621. The molecule has 0 saturated carbocycles. The average Bonchev–Trinajstić information content (AvgIpc) is 2.35. The van der Waals surface area contributed by atoms with Crippen molar-refractivity contribution in [3.8, 4) is 5.75 Å². The Morgan fingerprint density at radius 2 is 2.12 bits per heavy atom. The molecule has 0 heterocycles. The third-order valence-corrected chi connectivity index (χ3v) is 2.81. The predicted octanol–water partition coefficient (Wildman–Crippen LogP) is 2.54. The summed E-state index contributed by atoms with van der Waals surface area (Å²) < 4.78 is 0. The standard InChI is InChI=1S/C13H18N2O2/c1-4-9(2)10(3)14-15-13(17)11-7-5-6-8-12(11)16/h5-9,16H,4H2,1-3H3,(H,15,17)/b14-10-/t9-/m0/s1. The van der Waals surface area contributed by atoms with E-state index in [4.69, 9.17) is 0 Å². The summed E-state index contributed by atoms with van der Waals surface area (Å²) in [6, 6.07) is 6.39. The Morgan fingerprint density at radius 3 is 2.71 bits per heavy atom. The maximum Gasteiger partial charge on any atom is 0.275 e. The number of para-hydroxylation sites is 1. The number of phenols is 1. The minimum atomic E-state index is -0.397. The Kier molecular flexibility index (Phi) is 4.69. The Bertz CT molecular complexity index is 427. The number of hydrazone groups is 1. The molecule has 0 radical (unpaired) electrons. The van der Waals surface area contributed by atoms with Crippen molar-refractivity contribution in [2.75, 3.05) is 0 Å². The molecule has 1 rings (SSSR count). The number of nitrogens with zero attached hydrogens (tertiary/aromatic N) is 1. The molecule has 0 spiro atoms. The summed E-state index contributed by atoms with van der Waals surface area (Å²) in [4.78, 5) is 11.7. The van der Waals surface area contributed by atoms with Crippen molar-refractivity contribution in [2.24, 2.45) is 11.0 Å². The van der Waals surface area contributed by atoms with Crippen LogP contribution in [0.25, 0.3) is 0 Å². The van der Waals surface area contributed by atoms with Gasteiger partial charge in [-0.05, 0) is 31.4 Å². The largest absolute Gasteiger partial charge is 0.507 e. The molecule has 0 aliphatic heterocycles. The van der Waals surface area contributed by atoms with Crippen molar-refractivity contribution in [3.05, 3.63) is 29.8 Å². The lowest BCUT2D eigenvalue weighted by atomic mass is 10.1. The second-order valence-corrected chi connectivity index (χ2v) is 4.02. The summed E-state index contributed by atoms with van der Waals surface area (Å²) in [5, 5.41) is 13.5. The highest BCUT2D eigenvalue weighted by molar-refractivity contribution is 5.97. The summed E-state index contributed by atoms with van der Waals surface area (Å²) in [7, 11) is 0. The Hall–Kier alpha value is -1.84. The van der Waals surface area contributed by atoms with E-state index >= 15 is 0 Å². The van der Waals surface area contributed by atoms with Crippen molar-refractivity contribution in [3.63, 3.8) is 0 Å². The zero-order valence-electron chi connectivity index (χ0n) is 10.4. The van der Waals surface area contributed by atoms with E-state index in [1.165, 1.54) is 6.07 Å². The summed E-state index contributed by atoms with van der Waals surface area (Å²) in [5.74, 6) is -0.105. The van der Waals surface area contributed by atoms with Crippen LogP contribution in [0.3, 0.4) is 0 Å². The topological polar surface area (TPSA) is 61.7 Å². The van der Waals surface area contributed by atoms with E-state index in [1.807, 2.05) is 13.8 Å². The van der Waals surface area contributed by atoms with Crippen LogP contribution < -0.4 is 5.43 Å². The van der Waals surface area contributed by atoms with E-state index in [9.17, 15) is 9.90 Å². The summed E-state index contributed by atoms with van der Waals surface area (Å²) in [6.45, 7) is 5.98. The Morgan fingerprint density at radius 1 is 1.47 bits per heavy atom. The lowest BCUT2D eigenvalue weighted by molar-refractivity contribution is 0.0952. The Balaban J connectivity index is 2.71. The second kappa shape index (κ2) is 6.03. The van der Waals surface area contributed by atoms with Crippen molar-refractivity contribution in [1.29, 1.82) is 0 Å². The maximum atomic E-state index is 11.7. The fourth-order valence-corrected chi connectivity index (χ4v) is 1.27. The number of nitrogens with one attached hydrogen (secondary N) is 1. The highest BCUT2D eigenvalue weighted by Gasteiger charge is 2.09. The van der Waals surface area contributed by atoms with E-state index in [0.29, 0.717) is 5.92 Å². The molecule has 0 saturated heterocycles. The zero-order chi connectivity index (χ0) is 12.8. The fourth-order valence-electron chi connectivity index (χ4n) is 1.27. The van der Waals surface area contributed by atoms with Gasteiger partial charge < -0.3 is 5.11 Å². The SMILES string of the molecule is CC[C@H](C)/C(C)=N\NC(=O)c1ccccc1O. The molecule has 1 atom stereocenters. The molecular weight excluding hydrogens is 216 g/mol. The number of amides is 1. The van der Waals surface area contributed by atoms with Crippen LogP contribution in [0.4, 0.5) is 0 Å². The first-order valence-electron chi connectivity index (χ1n) is 5.68. The number of aromatic hydroxyl groups is 1. The molecule has 2 N–H and O–H groups in total. The molecule has 4 heteroatoms. The molecular formula is C13H18N2O2. The van der Waals surface area contributed by atoms with Gasteiger partial charge in [0.2, 0.25) is 0 Å². The van der Waals surface area contributed by atoms with Gasteiger partial charge in [-0.2, -0.15) is 5.10 Å². The molecule has 1 aromatic rings. The monoisotopic (exact) mass is 234 g/mol. The van der Waals surface area contributed by atoms with Gasteiger partial charge in [0.15, 0.2) is 0 Å². The molecule has 0 bridgehead atoms. The van der Waals surface area contributed by atoms with Crippen molar-refractivity contribution in [1.82, 2.24) is 5.43 Å². The van der Waals surface area contributed by atoms with Gasteiger partial charge in [0.1, 0.15) is 5.75 Å². The number of benzene rings is 1. The zero-order valence-corrected chi connectivity index (χ0v) is 10.4. The smallest absolute Gasteiger partial charge is 0.275 e. The van der Waals surface area contributed by atoms with Gasteiger partial charge >= 0.3 is 0 Å². The summed E-state index contributed by atoms with van der Waals surface area (Å²) >= 11 is 0. The van der Waals surface area contributed by atoms with Crippen LogP contribution in [0, 0.1) is 5.92 Å². The molecule has 1 aromatic carbocycles. The Labute approximate surface area is 101 Å². The number of carbonyl (C=O) groups is 1. The van der Waals surface area contributed by atoms with Crippen LogP contribution in [0.5, 0.6) is 5.75 Å². The molecule has 1 amide bonds. The van der Waals surface area contributed by atoms with Crippen LogP contribution in [0.15, 0.2) is 29.4 Å². The first kappa shape index (κ1) is 13.2. The first-order chi connectivity index (χ1) is 8.06. The van der Waals surface area contributed by atoms with Gasteiger partial charge in [0.05, 0.1) is 5.56 Å². The molecule has 17 heavy (non-hydrogen) atoms. The fraction of sp³-hybridized carbons (Fsp3) is 0.385. The number of hydrogen-bond acceptors (Lipinski definition) is 3. The van der Waals surface area contributed by atoms with E-state index in [-0.39, 0.29) is 11.3 Å². The minimum Gasteiger partial charge on any atom is -0.507 e. The molecule has 0 aromatic heterocycles. The molecule has 0 unspecified atom stereocenters. The maximum absolute atomic E-state index is 11.7. The molecule has 0 fully saturated rings.